The van der Waals surface area contributed by atoms with E-state index in [2.05, 4.69) is 12.1 Å². The van der Waals surface area contributed by atoms with Crippen molar-refractivity contribution in [2.75, 3.05) is 5.73 Å². The van der Waals surface area contributed by atoms with E-state index in [9.17, 15) is 17.8 Å². The number of ketones is 1. The molecule has 0 bridgehead atoms. The molecule has 3 aromatic heterocycles. The normalized spacial score (nSPS) is 13.2. The number of nitrogen functional groups attached to an aromatic ring is 1. The Kier molecular flexibility index (Phi) is 8.73. The van der Waals surface area contributed by atoms with Crippen LogP contribution in [0.25, 0.3) is 11.1 Å². The maximum Gasteiger partial charge on any atom is 0.304 e. The Balaban J connectivity index is 0.000000333. The van der Waals surface area contributed by atoms with Gasteiger partial charge in [-0.3, -0.25) is 9.35 Å². The Hall–Kier alpha value is -3.28. The number of aryl methyl sites for hydroxylation is 4. The molecular formula is C28H34N4O5S2. The highest BCUT2D eigenvalue weighted by Crippen LogP contribution is 2.35. The molecule has 5 rings (SSSR count). The molecule has 0 unspecified atom stereocenters. The molecule has 9 nitrogen and oxygen atoms in total. The number of fused-ring (bicyclic) bond motifs is 1. The van der Waals surface area contributed by atoms with Crippen LogP contribution in [0.5, 0.6) is 0 Å². The summed E-state index contributed by atoms with van der Waals surface area (Å²) in [7, 11) is -4.27. The first-order valence-corrected chi connectivity index (χ1v) is 15.3. The molecule has 3 N–H and O–H groups in total. The lowest BCUT2D eigenvalue weighted by Crippen LogP contribution is -2.17. The molecule has 0 atom stereocenters. The number of imidazole rings is 1. The van der Waals surface area contributed by atoms with E-state index in [1.807, 2.05) is 49.6 Å². The average Bonchev–Trinajstić information content (AvgIpc) is 3.55. The number of nitrogens with two attached hydrogens (primary N) is 1. The Morgan fingerprint density at radius 3 is 2.44 bits per heavy atom. The molecule has 39 heavy (non-hydrogen) atoms. The van der Waals surface area contributed by atoms with E-state index in [4.69, 9.17) is 15.2 Å². The van der Waals surface area contributed by atoms with Crippen molar-refractivity contribution in [3.8, 4) is 11.1 Å². The molecule has 0 saturated heterocycles. The highest BCUT2D eigenvalue weighted by Gasteiger charge is 2.26. The largest absolute Gasteiger partial charge is 0.381 e. The minimum atomic E-state index is -4.27. The summed E-state index contributed by atoms with van der Waals surface area (Å²) < 4.78 is 39.8. The number of anilines is 1. The Bertz CT molecular complexity index is 1560. The lowest BCUT2D eigenvalue weighted by molar-refractivity contribution is 0.0963. The van der Waals surface area contributed by atoms with Gasteiger partial charge in [0.05, 0.1) is 5.69 Å². The summed E-state index contributed by atoms with van der Waals surface area (Å²) in [5, 5.41) is 3.59. The van der Waals surface area contributed by atoms with Crippen LogP contribution in [0.4, 0.5) is 5.82 Å². The summed E-state index contributed by atoms with van der Waals surface area (Å²) in [5.41, 5.74) is 10.4. The first-order valence-electron chi connectivity index (χ1n) is 13.0. The number of carbonyl (C=O) groups excluding carboxylic acids is 1. The summed E-state index contributed by atoms with van der Waals surface area (Å²) in [6.45, 7) is 8.35. The van der Waals surface area contributed by atoms with Crippen LogP contribution >= 0.6 is 11.3 Å². The van der Waals surface area contributed by atoms with E-state index in [0.717, 1.165) is 88.0 Å². The van der Waals surface area contributed by atoms with Gasteiger partial charge in [0, 0.05) is 35.4 Å². The van der Waals surface area contributed by atoms with Gasteiger partial charge in [0.1, 0.15) is 17.3 Å². The molecule has 0 amide bonds. The van der Waals surface area contributed by atoms with Crippen LogP contribution in [-0.2, 0) is 35.9 Å². The second kappa shape index (κ2) is 11.8. The third kappa shape index (κ3) is 6.32. The summed E-state index contributed by atoms with van der Waals surface area (Å²) in [6.07, 6.45) is 4.95. The predicted octanol–water partition coefficient (Wildman–Crippen LogP) is 5.81. The summed E-state index contributed by atoms with van der Waals surface area (Å²) in [5.74, 6) is 2.46. The van der Waals surface area contributed by atoms with Crippen LogP contribution in [0.15, 0.2) is 39.1 Å². The maximum atomic E-state index is 12.5. The molecule has 0 aliphatic heterocycles. The lowest BCUT2D eigenvalue weighted by Gasteiger charge is -2.15. The molecule has 1 aromatic carbocycles. The Morgan fingerprint density at radius 1 is 1.15 bits per heavy atom. The Labute approximate surface area is 232 Å². The molecule has 1 aliphatic rings. The van der Waals surface area contributed by atoms with Crippen molar-refractivity contribution in [1.29, 1.82) is 0 Å². The van der Waals surface area contributed by atoms with Crippen molar-refractivity contribution >= 4 is 33.1 Å². The highest BCUT2D eigenvalue weighted by atomic mass is 32.3. The van der Waals surface area contributed by atoms with Crippen molar-refractivity contribution in [1.82, 2.24) is 14.7 Å². The van der Waals surface area contributed by atoms with E-state index in [1.54, 1.807) is 6.07 Å². The molecule has 0 fully saturated rings. The third-order valence-electron chi connectivity index (χ3n) is 6.70. The van der Waals surface area contributed by atoms with Gasteiger partial charge in [-0.15, -0.1) is 11.3 Å². The molecule has 11 heteroatoms. The number of aromatic nitrogens is 3. The number of carbonyl (C=O) groups is 1. The SMILES string of the molecule is CCCc1nc2c(n1Cc1ccc(-c3cc(C)sc3S(=O)(=O)O)cc1)C(=O)CCC2.CCc1c(N)noc1C. The van der Waals surface area contributed by atoms with Crippen molar-refractivity contribution in [2.45, 2.75) is 77.0 Å². The van der Waals surface area contributed by atoms with Crippen LogP contribution in [-0.4, -0.2) is 33.5 Å². The average molecular weight is 571 g/mol. The quantitative estimate of drug-likeness (QED) is 0.265. The Morgan fingerprint density at radius 2 is 1.87 bits per heavy atom. The van der Waals surface area contributed by atoms with Crippen molar-refractivity contribution in [3.63, 3.8) is 0 Å². The van der Waals surface area contributed by atoms with Crippen LogP contribution in [0.2, 0.25) is 0 Å². The number of Topliss-reactive ketones (excluding diaryl/α,β-unsaturated/α-hetero) is 1. The summed E-state index contributed by atoms with van der Waals surface area (Å²) in [4.78, 5) is 18.1. The van der Waals surface area contributed by atoms with Gasteiger partial charge in [0.25, 0.3) is 0 Å². The molecule has 1 aliphatic carbocycles. The van der Waals surface area contributed by atoms with E-state index in [1.165, 1.54) is 0 Å². The van der Waals surface area contributed by atoms with E-state index >= 15 is 0 Å². The number of hydrogen-bond acceptors (Lipinski definition) is 8. The number of nitrogens with zero attached hydrogens (tertiary/aromatic N) is 3. The van der Waals surface area contributed by atoms with Gasteiger partial charge in [-0.05, 0) is 56.7 Å². The number of benzene rings is 1. The topological polar surface area (TPSA) is 141 Å². The fraction of sp³-hybridized carbons (Fsp3) is 0.393. The van der Waals surface area contributed by atoms with Crippen LogP contribution < -0.4 is 5.73 Å². The van der Waals surface area contributed by atoms with E-state index in [0.29, 0.717) is 24.3 Å². The van der Waals surface area contributed by atoms with Gasteiger partial charge in [-0.1, -0.05) is 43.3 Å². The number of rotatable bonds is 7. The minimum absolute atomic E-state index is 0.0349. The van der Waals surface area contributed by atoms with Crippen LogP contribution in [0, 0.1) is 13.8 Å². The smallest absolute Gasteiger partial charge is 0.304 e. The van der Waals surface area contributed by atoms with Crippen molar-refractivity contribution in [3.05, 3.63) is 69.3 Å². The first-order chi connectivity index (χ1) is 18.5. The van der Waals surface area contributed by atoms with Gasteiger partial charge in [-0.25, -0.2) is 4.98 Å². The molecule has 4 aromatic rings. The zero-order valence-corrected chi connectivity index (χ0v) is 24.3. The van der Waals surface area contributed by atoms with Gasteiger partial charge in [-0.2, -0.15) is 8.42 Å². The lowest BCUT2D eigenvalue weighted by atomic mass is 9.99. The number of thiophene rings is 1. The highest BCUT2D eigenvalue weighted by molar-refractivity contribution is 7.88. The standard InChI is InChI=1S/C22H24N2O4S2.C6H10N2O/c1-3-5-20-23-18-6-4-7-19(25)21(18)24(20)13-15-8-10-16(11-9-15)17-12-14(2)29-22(17)30(26,27)28;1-3-5-4(2)9-8-6(5)7/h8-12H,3-7,13H2,1-2H3,(H,26,27,28);3H2,1-2H3,(H2,7,8). The van der Waals surface area contributed by atoms with Crippen LogP contribution in [0.3, 0.4) is 0 Å². The van der Waals surface area contributed by atoms with Gasteiger partial charge >= 0.3 is 10.1 Å². The first kappa shape index (κ1) is 28.7. The molecule has 208 valence electrons. The minimum Gasteiger partial charge on any atom is -0.381 e. The fourth-order valence-electron chi connectivity index (χ4n) is 4.86. The second-order valence-electron chi connectivity index (χ2n) is 9.62. The summed E-state index contributed by atoms with van der Waals surface area (Å²) in [6, 6.07) is 9.36. The molecule has 0 radical (unpaired) electrons. The predicted molar refractivity (Wildman–Crippen MR) is 152 cm³/mol. The molecular weight excluding hydrogens is 536 g/mol. The van der Waals surface area contributed by atoms with E-state index in [-0.39, 0.29) is 9.99 Å². The van der Waals surface area contributed by atoms with Gasteiger partial charge in [0.2, 0.25) is 0 Å². The number of hydrogen-bond donors (Lipinski definition) is 2. The summed E-state index contributed by atoms with van der Waals surface area (Å²) >= 11 is 1.06. The molecule has 0 saturated carbocycles. The van der Waals surface area contributed by atoms with Crippen molar-refractivity contribution < 1.29 is 22.3 Å². The second-order valence-corrected chi connectivity index (χ2v) is 12.5. The van der Waals surface area contributed by atoms with Gasteiger partial charge in [0.15, 0.2) is 15.8 Å². The van der Waals surface area contributed by atoms with Gasteiger partial charge < -0.3 is 14.8 Å². The molecule has 3 heterocycles. The van der Waals surface area contributed by atoms with E-state index < -0.39 is 10.1 Å². The van der Waals surface area contributed by atoms with Crippen molar-refractivity contribution in [2.24, 2.45) is 0 Å². The van der Waals surface area contributed by atoms with Crippen LogP contribution in [0.1, 0.15) is 76.9 Å². The monoisotopic (exact) mass is 570 g/mol. The molecule has 0 spiro atoms. The maximum absolute atomic E-state index is 12.5. The third-order valence-corrected chi connectivity index (χ3v) is 9.12. The zero-order chi connectivity index (χ0) is 28.3. The fourth-order valence-corrected chi connectivity index (χ4v) is 6.88. The zero-order valence-electron chi connectivity index (χ0n) is 22.7.